The summed E-state index contributed by atoms with van der Waals surface area (Å²) in [4.78, 5) is 16.1. The van der Waals surface area contributed by atoms with E-state index in [-0.39, 0.29) is 17.9 Å². The van der Waals surface area contributed by atoms with Gasteiger partial charge >= 0.3 is 6.03 Å². The molecule has 0 unspecified atom stereocenters. The Kier molecular flexibility index (Phi) is 3.81. The molecule has 1 aliphatic rings. The number of urea groups is 1. The van der Waals surface area contributed by atoms with E-state index >= 15 is 0 Å². The van der Waals surface area contributed by atoms with Crippen molar-refractivity contribution in [3.8, 4) is 0 Å². The molecule has 1 aromatic heterocycles. The number of nitrogens with zero attached hydrogens (tertiary/aromatic N) is 1. The number of carbonyl (C=O) groups excluding carboxylic acids is 1. The van der Waals surface area contributed by atoms with Crippen molar-refractivity contribution in [1.82, 2.24) is 15.6 Å². The second-order valence-electron chi connectivity index (χ2n) is 5.08. The molecule has 0 saturated carbocycles. The molecule has 3 rings (SSSR count). The summed E-state index contributed by atoms with van der Waals surface area (Å²) in [6, 6.07) is 10.0. The van der Waals surface area contributed by atoms with Crippen LogP contribution in [0.2, 0.25) is 0 Å². The van der Waals surface area contributed by atoms with E-state index in [9.17, 15) is 9.18 Å². The van der Waals surface area contributed by atoms with Crippen molar-refractivity contribution in [2.24, 2.45) is 0 Å². The number of nitrogens with one attached hydrogen (secondary N) is 2. The highest BCUT2D eigenvalue weighted by atomic mass is 19.1. The van der Waals surface area contributed by atoms with Crippen LogP contribution in [0.5, 0.6) is 0 Å². The van der Waals surface area contributed by atoms with E-state index in [4.69, 9.17) is 0 Å². The van der Waals surface area contributed by atoms with E-state index in [0.29, 0.717) is 6.54 Å². The van der Waals surface area contributed by atoms with Crippen molar-refractivity contribution in [2.75, 3.05) is 0 Å². The van der Waals surface area contributed by atoms with Gasteiger partial charge in [0, 0.05) is 6.20 Å². The quantitative estimate of drug-likeness (QED) is 0.911. The third kappa shape index (κ3) is 3.18. The maximum atomic E-state index is 13.2. The lowest BCUT2D eigenvalue weighted by Crippen LogP contribution is -2.37. The highest BCUT2D eigenvalue weighted by Crippen LogP contribution is 2.31. The number of amides is 2. The lowest BCUT2D eigenvalue weighted by molar-refractivity contribution is 0.236. The summed E-state index contributed by atoms with van der Waals surface area (Å²) in [6.07, 6.45) is 3.28. The largest absolute Gasteiger partial charge is 0.332 e. The van der Waals surface area contributed by atoms with Crippen LogP contribution < -0.4 is 10.6 Å². The van der Waals surface area contributed by atoms with Crippen LogP contribution in [0.15, 0.2) is 42.6 Å². The number of benzene rings is 1. The van der Waals surface area contributed by atoms with Gasteiger partial charge in [0.1, 0.15) is 5.82 Å². The van der Waals surface area contributed by atoms with Crippen molar-refractivity contribution in [3.63, 3.8) is 0 Å². The average molecular weight is 285 g/mol. The Hall–Kier alpha value is -2.43. The lowest BCUT2D eigenvalue weighted by atomic mass is 10.1. The summed E-state index contributed by atoms with van der Waals surface area (Å²) in [5.41, 5.74) is 2.79. The molecule has 1 aromatic carbocycles. The highest BCUT2D eigenvalue weighted by Gasteiger charge is 2.24. The van der Waals surface area contributed by atoms with Crippen LogP contribution >= 0.6 is 0 Å². The molecule has 4 nitrogen and oxygen atoms in total. The number of halogens is 1. The predicted octanol–water partition coefficient (Wildman–Crippen LogP) is 2.71. The van der Waals surface area contributed by atoms with Crippen molar-refractivity contribution >= 4 is 6.03 Å². The smallest absolute Gasteiger partial charge is 0.315 e. The minimum Gasteiger partial charge on any atom is -0.332 e. The van der Waals surface area contributed by atoms with Crippen molar-refractivity contribution in [1.29, 1.82) is 0 Å². The Balaban J connectivity index is 1.57. The monoisotopic (exact) mass is 285 g/mol. The van der Waals surface area contributed by atoms with Crippen LogP contribution in [-0.4, -0.2) is 11.0 Å². The van der Waals surface area contributed by atoms with Gasteiger partial charge in [0.15, 0.2) is 0 Å². The minimum absolute atomic E-state index is 0.0515. The van der Waals surface area contributed by atoms with Crippen LogP contribution in [0, 0.1) is 5.82 Å². The molecular weight excluding hydrogens is 269 g/mol. The third-order valence-electron chi connectivity index (χ3n) is 3.64. The zero-order chi connectivity index (χ0) is 14.7. The van der Waals surface area contributed by atoms with E-state index in [2.05, 4.69) is 15.6 Å². The van der Waals surface area contributed by atoms with Crippen molar-refractivity contribution in [2.45, 2.75) is 25.4 Å². The van der Waals surface area contributed by atoms with Gasteiger partial charge in [-0.1, -0.05) is 12.1 Å². The number of hydrogen-bond acceptors (Lipinski definition) is 2. The SMILES string of the molecule is O=C(NCc1ccccn1)N[C@@H]1CCc2cc(F)ccc21. The molecule has 0 aliphatic heterocycles. The second-order valence-corrected chi connectivity index (χ2v) is 5.08. The Morgan fingerprint density at radius 1 is 1.33 bits per heavy atom. The van der Waals surface area contributed by atoms with Crippen molar-refractivity contribution in [3.05, 3.63) is 65.2 Å². The van der Waals surface area contributed by atoms with Crippen LogP contribution in [0.1, 0.15) is 29.3 Å². The molecule has 0 radical (unpaired) electrons. The fourth-order valence-corrected chi connectivity index (χ4v) is 2.62. The molecule has 108 valence electrons. The first-order chi connectivity index (χ1) is 10.2. The van der Waals surface area contributed by atoms with Gasteiger partial charge in [-0.25, -0.2) is 9.18 Å². The Morgan fingerprint density at radius 3 is 3.05 bits per heavy atom. The molecule has 0 fully saturated rings. The van der Waals surface area contributed by atoms with Crippen LogP contribution in [0.4, 0.5) is 9.18 Å². The molecule has 5 heteroatoms. The summed E-state index contributed by atoms with van der Waals surface area (Å²) in [7, 11) is 0. The van der Waals surface area contributed by atoms with Gasteiger partial charge in [-0.2, -0.15) is 0 Å². The van der Waals surface area contributed by atoms with Crippen LogP contribution in [0.3, 0.4) is 0 Å². The summed E-state index contributed by atoms with van der Waals surface area (Å²) in [6.45, 7) is 0.385. The number of hydrogen-bond donors (Lipinski definition) is 2. The molecule has 0 saturated heterocycles. The molecule has 2 aromatic rings. The van der Waals surface area contributed by atoms with E-state index in [1.54, 1.807) is 18.3 Å². The summed E-state index contributed by atoms with van der Waals surface area (Å²) in [5, 5.41) is 5.71. The van der Waals surface area contributed by atoms with Crippen molar-refractivity contribution < 1.29 is 9.18 Å². The number of aryl methyl sites for hydroxylation is 1. The molecule has 0 bridgehead atoms. The number of aromatic nitrogens is 1. The molecule has 21 heavy (non-hydrogen) atoms. The van der Waals surface area contributed by atoms with Gasteiger partial charge in [-0.15, -0.1) is 0 Å². The summed E-state index contributed by atoms with van der Waals surface area (Å²) < 4.78 is 13.2. The highest BCUT2D eigenvalue weighted by molar-refractivity contribution is 5.74. The second kappa shape index (κ2) is 5.91. The number of fused-ring (bicyclic) bond motifs is 1. The summed E-state index contributed by atoms with van der Waals surface area (Å²) in [5.74, 6) is -0.228. The molecule has 1 heterocycles. The summed E-state index contributed by atoms with van der Waals surface area (Å²) >= 11 is 0. The third-order valence-corrected chi connectivity index (χ3v) is 3.64. The fraction of sp³-hybridized carbons (Fsp3) is 0.250. The maximum Gasteiger partial charge on any atom is 0.315 e. The molecule has 1 atom stereocenters. The van der Waals surface area contributed by atoms with E-state index in [1.807, 2.05) is 18.2 Å². The van der Waals surface area contributed by atoms with Gasteiger partial charge in [-0.3, -0.25) is 4.98 Å². The van der Waals surface area contributed by atoms with E-state index in [1.165, 1.54) is 6.07 Å². The average Bonchev–Trinajstić information content (AvgIpc) is 2.88. The first-order valence-corrected chi connectivity index (χ1v) is 6.95. The maximum absolute atomic E-state index is 13.2. The number of rotatable bonds is 3. The Labute approximate surface area is 122 Å². The predicted molar refractivity (Wildman–Crippen MR) is 77.1 cm³/mol. The Bertz CT molecular complexity index is 645. The number of carbonyl (C=O) groups is 1. The van der Waals surface area contributed by atoms with Gasteiger partial charge in [0.25, 0.3) is 0 Å². The van der Waals surface area contributed by atoms with Gasteiger partial charge in [-0.05, 0) is 48.2 Å². The topological polar surface area (TPSA) is 54.0 Å². The first kappa shape index (κ1) is 13.5. The van der Waals surface area contributed by atoms with E-state index in [0.717, 1.165) is 29.7 Å². The normalized spacial score (nSPS) is 16.3. The van der Waals surface area contributed by atoms with Gasteiger partial charge in [0.2, 0.25) is 0 Å². The lowest BCUT2D eigenvalue weighted by Gasteiger charge is -2.14. The van der Waals surface area contributed by atoms with E-state index < -0.39 is 0 Å². The zero-order valence-electron chi connectivity index (χ0n) is 11.5. The Morgan fingerprint density at radius 2 is 2.24 bits per heavy atom. The minimum atomic E-state index is -0.233. The van der Waals surface area contributed by atoms with Crippen LogP contribution in [-0.2, 0) is 13.0 Å². The molecular formula is C16H16FN3O. The standard InChI is InChI=1S/C16H16FN3O/c17-12-5-6-14-11(9-12)4-7-15(14)20-16(21)19-10-13-3-1-2-8-18-13/h1-3,5-6,8-9,15H,4,7,10H2,(H2,19,20,21)/t15-/m1/s1. The zero-order valence-corrected chi connectivity index (χ0v) is 11.5. The number of pyridine rings is 1. The first-order valence-electron chi connectivity index (χ1n) is 6.95. The molecule has 2 amide bonds. The fourth-order valence-electron chi connectivity index (χ4n) is 2.62. The molecule has 2 N–H and O–H groups in total. The molecule has 0 spiro atoms. The van der Waals surface area contributed by atoms with Gasteiger partial charge in [0.05, 0.1) is 18.3 Å². The van der Waals surface area contributed by atoms with Gasteiger partial charge < -0.3 is 10.6 Å². The molecule has 1 aliphatic carbocycles. The van der Waals surface area contributed by atoms with Crippen LogP contribution in [0.25, 0.3) is 0 Å².